The molecule has 23 heavy (non-hydrogen) atoms. The van der Waals surface area contributed by atoms with Crippen LogP contribution in [0.5, 0.6) is 5.75 Å². The first-order valence-corrected chi connectivity index (χ1v) is 8.52. The van der Waals surface area contributed by atoms with Gasteiger partial charge in [-0.1, -0.05) is 6.42 Å². The standard InChI is InChI=1S/C18H29N3O2/c1-20-12-14-21(15-13-20)11-5-3-4-10-19-18(22)16-6-8-17(23-2)9-7-16/h6-9H,3-5,10-15H2,1-2H3,(H,19,22). The van der Waals surface area contributed by atoms with Crippen molar-refractivity contribution in [1.29, 1.82) is 0 Å². The van der Waals surface area contributed by atoms with Crippen LogP contribution in [-0.4, -0.2) is 69.1 Å². The minimum Gasteiger partial charge on any atom is -0.497 e. The van der Waals surface area contributed by atoms with Crippen molar-refractivity contribution in [3.05, 3.63) is 29.8 Å². The monoisotopic (exact) mass is 319 g/mol. The highest BCUT2D eigenvalue weighted by Gasteiger charge is 2.12. The molecule has 1 fully saturated rings. The Labute approximate surface area is 139 Å². The van der Waals surface area contributed by atoms with Crippen LogP contribution in [0.25, 0.3) is 0 Å². The molecule has 1 amide bonds. The molecule has 0 spiro atoms. The van der Waals surface area contributed by atoms with Gasteiger partial charge in [-0.3, -0.25) is 4.79 Å². The first kappa shape index (κ1) is 17.8. The van der Waals surface area contributed by atoms with E-state index in [1.165, 1.54) is 39.1 Å². The maximum atomic E-state index is 12.0. The van der Waals surface area contributed by atoms with E-state index in [1.807, 2.05) is 12.1 Å². The highest BCUT2D eigenvalue weighted by Crippen LogP contribution is 2.11. The molecule has 0 radical (unpaired) electrons. The van der Waals surface area contributed by atoms with Gasteiger partial charge in [-0.2, -0.15) is 0 Å². The van der Waals surface area contributed by atoms with E-state index in [4.69, 9.17) is 4.74 Å². The maximum Gasteiger partial charge on any atom is 0.251 e. The van der Waals surface area contributed by atoms with Crippen molar-refractivity contribution < 1.29 is 9.53 Å². The van der Waals surface area contributed by atoms with E-state index >= 15 is 0 Å². The van der Waals surface area contributed by atoms with Crippen molar-refractivity contribution in [1.82, 2.24) is 15.1 Å². The second-order valence-corrected chi connectivity index (χ2v) is 6.19. The van der Waals surface area contributed by atoms with Crippen LogP contribution in [0, 0.1) is 0 Å². The van der Waals surface area contributed by atoms with Gasteiger partial charge in [0.2, 0.25) is 0 Å². The summed E-state index contributed by atoms with van der Waals surface area (Å²) >= 11 is 0. The molecule has 1 aromatic rings. The fraction of sp³-hybridized carbons (Fsp3) is 0.611. The summed E-state index contributed by atoms with van der Waals surface area (Å²) in [6.07, 6.45) is 3.41. The topological polar surface area (TPSA) is 44.8 Å². The third-order valence-electron chi connectivity index (χ3n) is 4.38. The molecule has 2 rings (SSSR count). The fourth-order valence-electron chi connectivity index (χ4n) is 2.76. The molecule has 128 valence electrons. The molecule has 0 bridgehead atoms. The molecule has 1 aliphatic rings. The van der Waals surface area contributed by atoms with Gasteiger partial charge in [0.05, 0.1) is 7.11 Å². The molecule has 0 aromatic heterocycles. The lowest BCUT2D eigenvalue weighted by molar-refractivity contribution is 0.0952. The van der Waals surface area contributed by atoms with Crippen LogP contribution in [-0.2, 0) is 0 Å². The average molecular weight is 319 g/mol. The summed E-state index contributed by atoms with van der Waals surface area (Å²) in [5.41, 5.74) is 0.684. The molecule has 1 aromatic carbocycles. The summed E-state index contributed by atoms with van der Waals surface area (Å²) in [5, 5.41) is 2.98. The van der Waals surface area contributed by atoms with Gasteiger partial charge in [-0.25, -0.2) is 0 Å². The van der Waals surface area contributed by atoms with Gasteiger partial charge in [-0.15, -0.1) is 0 Å². The zero-order chi connectivity index (χ0) is 16.5. The average Bonchev–Trinajstić information content (AvgIpc) is 2.59. The number of rotatable bonds is 8. The number of nitrogens with zero attached hydrogens (tertiary/aromatic N) is 2. The summed E-state index contributed by atoms with van der Waals surface area (Å²) in [4.78, 5) is 16.9. The smallest absolute Gasteiger partial charge is 0.251 e. The Hall–Kier alpha value is -1.59. The number of hydrogen-bond acceptors (Lipinski definition) is 4. The molecule has 0 saturated carbocycles. The van der Waals surface area contributed by atoms with Crippen LogP contribution in [0.1, 0.15) is 29.6 Å². The molecular formula is C18H29N3O2. The zero-order valence-electron chi connectivity index (χ0n) is 14.4. The fourth-order valence-corrected chi connectivity index (χ4v) is 2.76. The number of likely N-dealkylation sites (N-methyl/N-ethyl adjacent to an activating group) is 1. The van der Waals surface area contributed by atoms with Crippen LogP contribution in [0.2, 0.25) is 0 Å². The number of amides is 1. The SMILES string of the molecule is COc1ccc(C(=O)NCCCCCN2CCN(C)CC2)cc1. The van der Waals surface area contributed by atoms with Gasteiger partial charge in [0, 0.05) is 38.3 Å². The van der Waals surface area contributed by atoms with Crippen LogP contribution < -0.4 is 10.1 Å². The Bertz CT molecular complexity index is 468. The lowest BCUT2D eigenvalue weighted by Gasteiger charge is -2.32. The third kappa shape index (κ3) is 6.20. The van der Waals surface area contributed by atoms with Crippen LogP contribution in [0.15, 0.2) is 24.3 Å². The lowest BCUT2D eigenvalue weighted by atomic mass is 10.2. The van der Waals surface area contributed by atoms with E-state index in [9.17, 15) is 4.79 Å². The van der Waals surface area contributed by atoms with E-state index in [2.05, 4.69) is 22.2 Å². The van der Waals surface area contributed by atoms with Crippen molar-refractivity contribution in [3.63, 3.8) is 0 Å². The zero-order valence-corrected chi connectivity index (χ0v) is 14.4. The number of methoxy groups -OCH3 is 1. The maximum absolute atomic E-state index is 12.0. The number of unbranched alkanes of at least 4 members (excludes halogenated alkanes) is 2. The Morgan fingerprint density at radius 2 is 1.78 bits per heavy atom. The highest BCUT2D eigenvalue weighted by molar-refractivity contribution is 5.94. The van der Waals surface area contributed by atoms with Crippen molar-refractivity contribution in [2.24, 2.45) is 0 Å². The van der Waals surface area contributed by atoms with Crippen LogP contribution >= 0.6 is 0 Å². The summed E-state index contributed by atoms with van der Waals surface area (Å²) < 4.78 is 5.09. The van der Waals surface area contributed by atoms with E-state index in [0.717, 1.165) is 25.1 Å². The van der Waals surface area contributed by atoms with Crippen LogP contribution in [0.3, 0.4) is 0 Å². The van der Waals surface area contributed by atoms with Gasteiger partial charge in [-0.05, 0) is 50.7 Å². The second kappa shape index (κ2) is 9.53. The molecule has 5 heteroatoms. The summed E-state index contributed by atoms with van der Waals surface area (Å²) in [5.74, 6) is 0.761. The third-order valence-corrected chi connectivity index (χ3v) is 4.38. The van der Waals surface area contributed by atoms with E-state index in [-0.39, 0.29) is 5.91 Å². The molecule has 1 aliphatic heterocycles. The number of ether oxygens (including phenoxy) is 1. The predicted molar refractivity (Wildman–Crippen MR) is 93.1 cm³/mol. The van der Waals surface area contributed by atoms with E-state index < -0.39 is 0 Å². The Morgan fingerprint density at radius 3 is 2.43 bits per heavy atom. The normalized spacial score (nSPS) is 16.3. The van der Waals surface area contributed by atoms with Gasteiger partial charge >= 0.3 is 0 Å². The van der Waals surface area contributed by atoms with Crippen LogP contribution in [0.4, 0.5) is 0 Å². The van der Waals surface area contributed by atoms with Crippen molar-refractivity contribution in [2.45, 2.75) is 19.3 Å². The summed E-state index contributed by atoms with van der Waals surface area (Å²) in [6.45, 7) is 6.65. The summed E-state index contributed by atoms with van der Waals surface area (Å²) in [6, 6.07) is 7.21. The number of nitrogens with one attached hydrogen (secondary N) is 1. The first-order chi connectivity index (χ1) is 11.2. The Balaban J connectivity index is 1.53. The molecular weight excluding hydrogens is 290 g/mol. The second-order valence-electron chi connectivity index (χ2n) is 6.19. The largest absolute Gasteiger partial charge is 0.497 e. The Kier molecular flexibility index (Phi) is 7.36. The number of carbonyl (C=O) groups excluding carboxylic acids is 1. The molecule has 1 saturated heterocycles. The number of benzene rings is 1. The highest BCUT2D eigenvalue weighted by atomic mass is 16.5. The number of piperazine rings is 1. The first-order valence-electron chi connectivity index (χ1n) is 8.52. The Morgan fingerprint density at radius 1 is 1.09 bits per heavy atom. The molecule has 5 nitrogen and oxygen atoms in total. The summed E-state index contributed by atoms with van der Waals surface area (Å²) in [7, 11) is 3.81. The van der Waals surface area contributed by atoms with Gasteiger partial charge in [0.15, 0.2) is 0 Å². The van der Waals surface area contributed by atoms with Gasteiger partial charge in [0.1, 0.15) is 5.75 Å². The minimum atomic E-state index is -0.00767. The molecule has 1 heterocycles. The van der Waals surface area contributed by atoms with Gasteiger partial charge in [0.25, 0.3) is 5.91 Å². The lowest BCUT2D eigenvalue weighted by Crippen LogP contribution is -2.44. The quantitative estimate of drug-likeness (QED) is 0.743. The molecule has 0 aliphatic carbocycles. The van der Waals surface area contributed by atoms with Crippen molar-refractivity contribution in [3.8, 4) is 5.75 Å². The van der Waals surface area contributed by atoms with Gasteiger partial charge < -0.3 is 19.9 Å². The molecule has 0 unspecified atom stereocenters. The van der Waals surface area contributed by atoms with E-state index in [0.29, 0.717) is 5.56 Å². The molecule has 1 N–H and O–H groups in total. The minimum absolute atomic E-state index is 0.00767. The number of hydrogen-bond donors (Lipinski definition) is 1. The van der Waals surface area contributed by atoms with Crippen molar-refractivity contribution >= 4 is 5.91 Å². The molecule has 0 atom stereocenters. The number of carbonyl (C=O) groups is 1. The predicted octanol–water partition coefficient (Wildman–Crippen LogP) is 1.84. The van der Waals surface area contributed by atoms with E-state index in [1.54, 1.807) is 19.2 Å². The van der Waals surface area contributed by atoms with Crippen molar-refractivity contribution in [2.75, 3.05) is 53.4 Å².